The third-order valence-electron chi connectivity index (χ3n) is 4.26. The van der Waals surface area contributed by atoms with E-state index in [1.54, 1.807) is 30.2 Å². The molecular weight excluding hydrogens is 344 g/mol. The van der Waals surface area contributed by atoms with Gasteiger partial charge in [-0.3, -0.25) is 14.3 Å². The van der Waals surface area contributed by atoms with E-state index < -0.39 is 0 Å². The van der Waals surface area contributed by atoms with Crippen molar-refractivity contribution < 1.29 is 4.79 Å². The highest BCUT2D eigenvalue weighted by molar-refractivity contribution is 5.89. The molecule has 2 heterocycles. The van der Waals surface area contributed by atoms with E-state index in [9.17, 15) is 9.59 Å². The standard InChI is InChI=1S/C19H22N6O2/c1-23(11-9-15-6-4-3-5-7-15)16-12-19(27)25(21-13-16)14-18(26)22-17-8-10-20-24(17)2/h3-8,10,12-13H,9,11,14H2,1-2H3,(H,22,26). The summed E-state index contributed by atoms with van der Waals surface area (Å²) in [5.74, 6) is 0.226. The molecule has 1 aromatic carbocycles. The number of amides is 1. The smallest absolute Gasteiger partial charge is 0.269 e. The zero-order chi connectivity index (χ0) is 19.2. The summed E-state index contributed by atoms with van der Waals surface area (Å²) >= 11 is 0. The van der Waals surface area contributed by atoms with E-state index in [0.29, 0.717) is 5.82 Å². The first-order chi connectivity index (χ1) is 13.0. The van der Waals surface area contributed by atoms with Gasteiger partial charge in [0, 0.05) is 32.8 Å². The van der Waals surface area contributed by atoms with E-state index in [2.05, 4.69) is 27.6 Å². The van der Waals surface area contributed by atoms with Crippen LogP contribution in [0.1, 0.15) is 5.56 Å². The zero-order valence-corrected chi connectivity index (χ0v) is 15.4. The van der Waals surface area contributed by atoms with Crippen molar-refractivity contribution in [1.82, 2.24) is 19.6 Å². The number of aryl methyl sites for hydroxylation is 1. The minimum Gasteiger partial charge on any atom is -0.373 e. The highest BCUT2D eigenvalue weighted by atomic mass is 16.2. The van der Waals surface area contributed by atoms with Gasteiger partial charge in [0.25, 0.3) is 5.56 Å². The normalized spacial score (nSPS) is 10.6. The quantitative estimate of drug-likeness (QED) is 0.681. The topological polar surface area (TPSA) is 85.1 Å². The second-order valence-corrected chi connectivity index (χ2v) is 6.26. The predicted molar refractivity (Wildman–Crippen MR) is 104 cm³/mol. The highest BCUT2D eigenvalue weighted by Crippen LogP contribution is 2.09. The van der Waals surface area contributed by atoms with Crippen molar-refractivity contribution in [3.63, 3.8) is 0 Å². The average molecular weight is 366 g/mol. The summed E-state index contributed by atoms with van der Waals surface area (Å²) < 4.78 is 2.68. The Morgan fingerprint density at radius 3 is 2.63 bits per heavy atom. The van der Waals surface area contributed by atoms with Gasteiger partial charge in [-0.15, -0.1) is 0 Å². The van der Waals surface area contributed by atoms with E-state index >= 15 is 0 Å². The molecule has 0 fully saturated rings. The lowest BCUT2D eigenvalue weighted by atomic mass is 10.1. The maximum absolute atomic E-state index is 12.3. The second-order valence-electron chi connectivity index (χ2n) is 6.26. The Morgan fingerprint density at radius 2 is 1.96 bits per heavy atom. The fraction of sp³-hybridized carbons (Fsp3) is 0.263. The van der Waals surface area contributed by atoms with Crippen LogP contribution in [0.3, 0.4) is 0 Å². The maximum Gasteiger partial charge on any atom is 0.269 e. The Morgan fingerprint density at radius 1 is 1.19 bits per heavy atom. The lowest BCUT2D eigenvalue weighted by Crippen LogP contribution is -2.31. The maximum atomic E-state index is 12.3. The summed E-state index contributed by atoms with van der Waals surface area (Å²) in [6.45, 7) is 0.605. The minimum absolute atomic E-state index is 0.155. The first-order valence-electron chi connectivity index (χ1n) is 8.63. The Hall–Kier alpha value is -3.42. The molecule has 1 N–H and O–H groups in total. The number of aromatic nitrogens is 4. The van der Waals surface area contributed by atoms with E-state index in [4.69, 9.17) is 0 Å². The van der Waals surface area contributed by atoms with Crippen LogP contribution in [0, 0.1) is 0 Å². The molecule has 0 spiro atoms. The molecule has 0 radical (unpaired) electrons. The van der Waals surface area contributed by atoms with Crippen LogP contribution in [0.2, 0.25) is 0 Å². The molecule has 0 saturated heterocycles. The van der Waals surface area contributed by atoms with Gasteiger partial charge in [-0.25, -0.2) is 4.68 Å². The van der Waals surface area contributed by atoms with Crippen LogP contribution in [0.15, 0.2) is 59.7 Å². The Bertz CT molecular complexity index is 964. The van der Waals surface area contributed by atoms with Gasteiger partial charge < -0.3 is 10.2 Å². The Kier molecular flexibility index (Phi) is 5.65. The van der Waals surface area contributed by atoms with Crippen LogP contribution in [0.4, 0.5) is 11.5 Å². The van der Waals surface area contributed by atoms with Crippen molar-refractivity contribution >= 4 is 17.4 Å². The van der Waals surface area contributed by atoms with Crippen LogP contribution in [-0.4, -0.2) is 39.1 Å². The molecule has 140 valence electrons. The monoisotopic (exact) mass is 366 g/mol. The lowest BCUT2D eigenvalue weighted by Gasteiger charge is -2.19. The Balaban J connectivity index is 1.60. The number of hydrogen-bond acceptors (Lipinski definition) is 5. The van der Waals surface area contributed by atoms with Crippen molar-refractivity contribution in [2.75, 3.05) is 23.8 Å². The number of carbonyl (C=O) groups is 1. The number of likely N-dealkylation sites (N-methyl/N-ethyl adjacent to an activating group) is 1. The zero-order valence-electron chi connectivity index (χ0n) is 15.4. The van der Waals surface area contributed by atoms with Crippen LogP contribution in [0.5, 0.6) is 0 Å². The van der Waals surface area contributed by atoms with Gasteiger partial charge >= 0.3 is 0 Å². The first-order valence-corrected chi connectivity index (χ1v) is 8.63. The molecule has 1 amide bonds. The van der Waals surface area contributed by atoms with Gasteiger partial charge in [0.15, 0.2) is 0 Å². The van der Waals surface area contributed by atoms with Gasteiger partial charge in [0.2, 0.25) is 5.91 Å². The summed E-state index contributed by atoms with van der Waals surface area (Å²) in [5.41, 5.74) is 1.64. The van der Waals surface area contributed by atoms with E-state index in [0.717, 1.165) is 23.3 Å². The molecule has 0 atom stereocenters. The first kappa shape index (κ1) is 18.4. The molecule has 27 heavy (non-hydrogen) atoms. The number of anilines is 2. The molecule has 2 aromatic heterocycles. The fourth-order valence-corrected chi connectivity index (χ4v) is 2.64. The number of nitrogens with zero attached hydrogens (tertiary/aromatic N) is 5. The molecule has 3 aromatic rings. The third kappa shape index (κ3) is 4.81. The average Bonchev–Trinajstić information content (AvgIpc) is 3.06. The molecule has 3 rings (SSSR count). The molecule has 0 aliphatic rings. The predicted octanol–water partition coefficient (Wildman–Crippen LogP) is 1.29. The molecule has 0 aliphatic carbocycles. The van der Waals surface area contributed by atoms with Crippen LogP contribution in [-0.2, 0) is 24.8 Å². The van der Waals surface area contributed by atoms with Crippen molar-refractivity contribution in [3.05, 3.63) is 70.8 Å². The van der Waals surface area contributed by atoms with Crippen LogP contribution in [0.25, 0.3) is 0 Å². The van der Waals surface area contributed by atoms with Gasteiger partial charge in [-0.2, -0.15) is 10.2 Å². The van der Waals surface area contributed by atoms with Crippen LogP contribution >= 0.6 is 0 Å². The number of carbonyl (C=O) groups excluding carboxylic acids is 1. The fourth-order valence-electron chi connectivity index (χ4n) is 2.64. The minimum atomic E-state index is -0.335. The third-order valence-corrected chi connectivity index (χ3v) is 4.26. The molecule has 0 bridgehead atoms. The van der Waals surface area contributed by atoms with Crippen molar-refractivity contribution in [3.8, 4) is 0 Å². The van der Waals surface area contributed by atoms with Gasteiger partial charge in [0.05, 0.1) is 18.1 Å². The lowest BCUT2D eigenvalue weighted by molar-refractivity contribution is -0.117. The molecule has 0 aliphatic heterocycles. The largest absolute Gasteiger partial charge is 0.373 e. The number of nitrogens with one attached hydrogen (secondary N) is 1. The van der Waals surface area contributed by atoms with Crippen molar-refractivity contribution in [2.45, 2.75) is 13.0 Å². The van der Waals surface area contributed by atoms with Crippen molar-refractivity contribution in [2.24, 2.45) is 7.05 Å². The SMILES string of the molecule is CN(CCc1ccccc1)c1cnn(CC(=O)Nc2ccnn2C)c(=O)c1. The summed E-state index contributed by atoms with van der Waals surface area (Å²) in [5, 5.41) is 10.8. The molecule has 8 heteroatoms. The summed E-state index contributed by atoms with van der Waals surface area (Å²) in [6.07, 6.45) is 4.05. The highest BCUT2D eigenvalue weighted by Gasteiger charge is 2.10. The molecule has 0 saturated carbocycles. The number of hydrogen-bond donors (Lipinski definition) is 1. The van der Waals surface area contributed by atoms with E-state index in [-0.39, 0.29) is 18.0 Å². The van der Waals surface area contributed by atoms with Gasteiger partial charge in [-0.1, -0.05) is 30.3 Å². The summed E-state index contributed by atoms with van der Waals surface area (Å²) in [4.78, 5) is 26.4. The van der Waals surface area contributed by atoms with E-state index in [1.165, 1.54) is 11.6 Å². The molecule has 8 nitrogen and oxygen atoms in total. The van der Waals surface area contributed by atoms with Crippen molar-refractivity contribution in [1.29, 1.82) is 0 Å². The van der Waals surface area contributed by atoms with E-state index in [1.807, 2.05) is 30.1 Å². The molecule has 0 unspecified atom stereocenters. The summed E-state index contributed by atoms with van der Waals surface area (Å²) in [6, 6.07) is 13.3. The number of rotatable bonds is 7. The molecular formula is C19H22N6O2. The Labute approximate surface area is 157 Å². The summed E-state index contributed by atoms with van der Waals surface area (Å²) in [7, 11) is 3.64. The number of benzene rings is 1. The van der Waals surface area contributed by atoms with Gasteiger partial charge in [-0.05, 0) is 12.0 Å². The second kappa shape index (κ2) is 8.31. The van der Waals surface area contributed by atoms with Gasteiger partial charge in [0.1, 0.15) is 12.4 Å². The van der Waals surface area contributed by atoms with Crippen LogP contribution < -0.4 is 15.8 Å².